The van der Waals surface area contributed by atoms with Crippen molar-refractivity contribution < 1.29 is 0 Å². The molecule has 1 unspecified atom stereocenters. The maximum Gasteiger partial charge on any atom is 0.0288 e. The lowest BCUT2D eigenvalue weighted by Crippen LogP contribution is -2.12. The third-order valence-corrected chi connectivity index (χ3v) is 3.33. The first kappa shape index (κ1) is 12.8. The van der Waals surface area contributed by atoms with Crippen molar-refractivity contribution in [3.63, 3.8) is 0 Å². The van der Waals surface area contributed by atoms with Crippen LogP contribution in [0.3, 0.4) is 0 Å². The van der Waals surface area contributed by atoms with Gasteiger partial charge in [-0.1, -0.05) is 44.7 Å². The van der Waals surface area contributed by atoms with E-state index in [1.54, 1.807) is 0 Å². The summed E-state index contributed by atoms with van der Waals surface area (Å²) in [5, 5.41) is 0. The summed E-state index contributed by atoms with van der Waals surface area (Å²) in [5.41, 5.74) is 2.67. The van der Waals surface area contributed by atoms with Crippen LogP contribution in [0.4, 0.5) is 0 Å². The van der Waals surface area contributed by atoms with Gasteiger partial charge in [0.1, 0.15) is 0 Å². The first-order valence-electron chi connectivity index (χ1n) is 5.90. The SMILES string of the molecule is C=C(/C=C/C1=CCC(C)(CC)C=C1)N(C)C. The minimum Gasteiger partial charge on any atom is -0.378 e. The van der Waals surface area contributed by atoms with Crippen molar-refractivity contribution in [3.8, 4) is 0 Å². The van der Waals surface area contributed by atoms with Gasteiger partial charge in [-0.05, 0) is 29.9 Å². The zero-order chi connectivity index (χ0) is 12.2. The summed E-state index contributed by atoms with van der Waals surface area (Å²) in [7, 11) is 4.01. The van der Waals surface area contributed by atoms with Crippen LogP contribution >= 0.6 is 0 Å². The minimum absolute atomic E-state index is 0.357. The largest absolute Gasteiger partial charge is 0.378 e. The lowest BCUT2D eigenvalue weighted by Gasteiger charge is -2.25. The average Bonchev–Trinajstić information content (AvgIpc) is 2.28. The highest BCUT2D eigenvalue weighted by molar-refractivity contribution is 5.37. The maximum absolute atomic E-state index is 3.97. The third kappa shape index (κ3) is 3.41. The fraction of sp³-hybridized carbons (Fsp3) is 0.467. The lowest BCUT2D eigenvalue weighted by atomic mass is 9.80. The fourth-order valence-corrected chi connectivity index (χ4v) is 1.51. The molecule has 0 spiro atoms. The summed E-state index contributed by atoms with van der Waals surface area (Å²) in [6, 6.07) is 0. The second-order valence-electron chi connectivity index (χ2n) is 4.97. The van der Waals surface area contributed by atoms with Crippen LogP contribution < -0.4 is 0 Å². The summed E-state index contributed by atoms with van der Waals surface area (Å²) in [5.74, 6) is 0. The topological polar surface area (TPSA) is 3.24 Å². The zero-order valence-corrected chi connectivity index (χ0v) is 11.0. The van der Waals surface area contributed by atoms with Crippen LogP contribution in [0.2, 0.25) is 0 Å². The molecule has 0 aromatic heterocycles. The summed E-state index contributed by atoms with van der Waals surface area (Å²) < 4.78 is 0. The van der Waals surface area contributed by atoms with E-state index in [2.05, 4.69) is 50.8 Å². The monoisotopic (exact) mass is 217 g/mol. The first-order valence-corrected chi connectivity index (χ1v) is 5.90. The Morgan fingerprint density at radius 2 is 2.25 bits per heavy atom. The number of hydrogen-bond acceptors (Lipinski definition) is 1. The maximum atomic E-state index is 3.97. The van der Waals surface area contributed by atoms with Crippen molar-refractivity contribution in [1.29, 1.82) is 0 Å². The average molecular weight is 217 g/mol. The molecule has 1 nitrogen and oxygen atoms in total. The lowest BCUT2D eigenvalue weighted by molar-refractivity contribution is 0.412. The molecule has 0 aliphatic heterocycles. The van der Waals surface area contributed by atoms with E-state index in [0.29, 0.717) is 5.41 Å². The highest BCUT2D eigenvalue weighted by Crippen LogP contribution is 2.32. The van der Waals surface area contributed by atoms with Gasteiger partial charge in [0, 0.05) is 19.8 Å². The number of nitrogens with zero attached hydrogens (tertiary/aromatic N) is 1. The molecule has 0 radical (unpaired) electrons. The summed E-state index contributed by atoms with van der Waals surface area (Å²) in [4.78, 5) is 2.01. The zero-order valence-electron chi connectivity index (χ0n) is 11.0. The van der Waals surface area contributed by atoms with Gasteiger partial charge in [0.05, 0.1) is 0 Å². The van der Waals surface area contributed by atoms with Gasteiger partial charge in [0.2, 0.25) is 0 Å². The fourth-order valence-electron chi connectivity index (χ4n) is 1.51. The van der Waals surface area contributed by atoms with E-state index in [1.165, 1.54) is 12.0 Å². The van der Waals surface area contributed by atoms with Crippen molar-refractivity contribution in [3.05, 3.63) is 48.2 Å². The smallest absolute Gasteiger partial charge is 0.0288 e. The van der Waals surface area contributed by atoms with E-state index < -0.39 is 0 Å². The normalized spacial score (nSPS) is 24.6. The highest BCUT2D eigenvalue weighted by atomic mass is 15.1. The second-order valence-corrected chi connectivity index (χ2v) is 4.97. The molecule has 1 atom stereocenters. The predicted molar refractivity (Wildman–Crippen MR) is 72.2 cm³/mol. The standard InChI is InChI=1S/C15H23N/c1-6-15(3)11-9-14(10-12-15)8-7-13(2)16(4)5/h7-11H,2,6,12H2,1,3-5H3/b8-7+. The molecule has 1 heteroatoms. The van der Waals surface area contributed by atoms with Crippen LogP contribution in [0, 0.1) is 5.41 Å². The molecule has 0 aromatic carbocycles. The van der Waals surface area contributed by atoms with Crippen LogP contribution in [0.25, 0.3) is 0 Å². The van der Waals surface area contributed by atoms with E-state index >= 15 is 0 Å². The molecule has 0 bridgehead atoms. The minimum atomic E-state index is 0.357. The molecule has 0 fully saturated rings. The van der Waals surface area contributed by atoms with Gasteiger partial charge in [-0.2, -0.15) is 0 Å². The third-order valence-electron chi connectivity index (χ3n) is 3.33. The van der Waals surface area contributed by atoms with Crippen molar-refractivity contribution in [2.45, 2.75) is 26.7 Å². The molecule has 0 saturated heterocycles. The Bertz CT molecular complexity index is 344. The first-order chi connectivity index (χ1) is 7.47. The van der Waals surface area contributed by atoms with Gasteiger partial charge in [-0.25, -0.2) is 0 Å². The van der Waals surface area contributed by atoms with Gasteiger partial charge < -0.3 is 4.90 Å². The van der Waals surface area contributed by atoms with Gasteiger partial charge >= 0.3 is 0 Å². The number of likely N-dealkylation sites (N-methyl/N-ethyl adjacent to an activating group) is 1. The number of hydrogen-bond donors (Lipinski definition) is 0. The van der Waals surface area contributed by atoms with E-state index in [1.807, 2.05) is 19.0 Å². The van der Waals surface area contributed by atoms with Crippen LogP contribution in [0.1, 0.15) is 26.7 Å². The van der Waals surface area contributed by atoms with Crippen LogP contribution in [-0.4, -0.2) is 19.0 Å². The number of rotatable bonds is 4. The van der Waals surface area contributed by atoms with Crippen LogP contribution in [0.5, 0.6) is 0 Å². The molecular formula is C15H23N. The van der Waals surface area contributed by atoms with Gasteiger partial charge in [-0.15, -0.1) is 0 Å². The summed E-state index contributed by atoms with van der Waals surface area (Å²) >= 11 is 0. The molecule has 0 N–H and O–H groups in total. The Balaban J connectivity index is 2.61. The van der Waals surface area contributed by atoms with E-state index in [4.69, 9.17) is 0 Å². The summed E-state index contributed by atoms with van der Waals surface area (Å²) in [6.45, 7) is 8.52. The van der Waals surface area contributed by atoms with Crippen molar-refractivity contribution in [1.82, 2.24) is 4.90 Å². The van der Waals surface area contributed by atoms with Crippen LogP contribution in [0.15, 0.2) is 48.2 Å². The van der Waals surface area contributed by atoms with E-state index in [-0.39, 0.29) is 0 Å². The second kappa shape index (κ2) is 5.20. The molecule has 0 amide bonds. The summed E-state index contributed by atoms with van der Waals surface area (Å²) in [6.07, 6.45) is 13.4. The van der Waals surface area contributed by atoms with Crippen molar-refractivity contribution in [2.24, 2.45) is 5.41 Å². The van der Waals surface area contributed by atoms with Gasteiger partial charge in [-0.3, -0.25) is 0 Å². The molecule has 0 aromatic rings. The molecule has 0 saturated carbocycles. The number of allylic oxidation sites excluding steroid dienone is 6. The Morgan fingerprint density at radius 1 is 1.56 bits per heavy atom. The molecule has 0 heterocycles. The Labute approximate surface area is 99.8 Å². The highest BCUT2D eigenvalue weighted by Gasteiger charge is 2.19. The Hall–Kier alpha value is -1.24. The van der Waals surface area contributed by atoms with Crippen molar-refractivity contribution >= 4 is 0 Å². The van der Waals surface area contributed by atoms with Gasteiger partial charge in [0.25, 0.3) is 0 Å². The van der Waals surface area contributed by atoms with E-state index in [0.717, 1.165) is 12.1 Å². The molecular weight excluding hydrogens is 194 g/mol. The molecule has 1 rings (SSSR count). The van der Waals surface area contributed by atoms with Gasteiger partial charge in [0.15, 0.2) is 0 Å². The Morgan fingerprint density at radius 3 is 2.69 bits per heavy atom. The molecule has 1 aliphatic rings. The van der Waals surface area contributed by atoms with E-state index in [9.17, 15) is 0 Å². The quantitative estimate of drug-likeness (QED) is 0.645. The molecule has 88 valence electrons. The molecule has 1 aliphatic carbocycles. The predicted octanol–water partition coefficient (Wildman–Crippen LogP) is 3.92. The Kier molecular flexibility index (Phi) is 4.17. The van der Waals surface area contributed by atoms with Crippen molar-refractivity contribution in [2.75, 3.05) is 14.1 Å². The van der Waals surface area contributed by atoms with Crippen LogP contribution in [-0.2, 0) is 0 Å². The molecule has 16 heavy (non-hydrogen) atoms.